The summed E-state index contributed by atoms with van der Waals surface area (Å²) in [6, 6.07) is 11.0. The summed E-state index contributed by atoms with van der Waals surface area (Å²) in [7, 11) is 0. The molecule has 2 aromatic heterocycles. The van der Waals surface area contributed by atoms with E-state index in [4.69, 9.17) is 16.2 Å². The van der Waals surface area contributed by atoms with E-state index in [1.165, 1.54) is 0 Å². The maximum atomic E-state index is 11.2. The van der Waals surface area contributed by atoms with E-state index in [2.05, 4.69) is 10.1 Å². The van der Waals surface area contributed by atoms with Gasteiger partial charge in [-0.2, -0.15) is 9.78 Å². The molecule has 0 saturated heterocycles. The SMILES string of the molecule is Cc1cc(N)n(-c2ccc3cccc(OC(C)C(N)=O)c3n2)n1. The van der Waals surface area contributed by atoms with Gasteiger partial charge in [-0.1, -0.05) is 12.1 Å². The van der Waals surface area contributed by atoms with Crippen LogP contribution in [0, 0.1) is 6.92 Å². The normalized spacial score (nSPS) is 12.3. The molecule has 3 aromatic rings. The number of benzene rings is 1. The van der Waals surface area contributed by atoms with E-state index >= 15 is 0 Å². The van der Waals surface area contributed by atoms with Crippen molar-refractivity contribution in [1.82, 2.24) is 14.8 Å². The molecule has 0 fully saturated rings. The second-order valence-electron chi connectivity index (χ2n) is 5.28. The molecule has 23 heavy (non-hydrogen) atoms. The number of amides is 1. The molecule has 0 aliphatic carbocycles. The highest BCUT2D eigenvalue weighted by Crippen LogP contribution is 2.26. The molecule has 1 unspecified atom stereocenters. The highest BCUT2D eigenvalue weighted by atomic mass is 16.5. The van der Waals surface area contributed by atoms with Gasteiger partial charge in [-0.3, -0.25) is 4.79 Å². The number of nitrogens with zero attached hydrogens (tertiary/aromatic N) is 3. The smallest absolute Gasteiger partial charge is 0.258 e. The van der Waals surface area contributed by atoms with Gasteiger partial charge in [0.2, 0.25) is 0 Å². The van der Waals surface area contributed by atoms with Crippen molar-refractivity contribution in [2.45, 2.75) is 20.0 Å². The molecular weight excluding hydrogens is 294 g/mol. The number of para-hydroxylation sites is 1. The lowest BCUT2D eigenvalue weighted by molar-refractivity contribution is -0.123. The van der Waals surface area contributed by atoms with Crippen LogP contribution >= 0.6 is 0 Å². The van der Waals surface area contributed by atoms with Gasteiger partial charge in [0, 0.05) is 11.5 Å². The molecule has 1 amide bonds. The van der Waals surface area contributed by atoms with Gasteiger partial charge < -0.3 is 16.2 Å². The number of aryl methyl sites for hydroxylation is 1. The molecule has 118 valence electrons. The summed E-state index contributed by atoms with van der Waals surface area (Å²) >= 11 is 0. The third-order valence-corrected chi connectivity index (χ3v) is 3.45. The molecule has 1 atom stereocenters. The second-order valence-corrected chi connectivity index (χ2v) is 5.28. The molecule has 7 heteroatoms. The van der Waals surface area contributed by atoms with Gasteiger partial charge in [-0.25, -0.2) is 4.98 Å². The fraction of sp³-hybridized carbons (Fsp3) is 0.188. The highest BCUT2D eigenvalue weighted by molar-refractivity contribution is 5.86. The van der Waals surface area contributed by atoms with Crippen molar-refractivity contribution in [1.29, 1.82) is 0 Å². The van der Waals surface area contributed by atoms with Gasteiger partial charge in [0.15, 0.2) is 11.9 Å². The topological polar surface area (TPSA) is 109 Å². The van der Waals surface area contributed by atoms with E-state index < -0.39 is 12.0 Å². The van der Waals surface area contributed by atoms with E-state index in [-0.39, 0.29) is 0 Å². The van der Waals surface area contributed by atoms with Crippen LogP contribution in [0.1, 0.15) is 12.6 Å². The van der Waals surface area contributed by atoms with Crippen LogP contribution in [0.3, 0.4) is 0 Å². The minimum Gasteiger partial charge on any atom is -0.479 e. The van der Waals surface area contributed by atoms with Crippen LogP contribution in [0.2, 0.25) is 0 Å². The van der Waals surface area contributed by atoms with Crippen molar-refractivity contribution in [3.8, 4) is 11.6 Å². The van der Waals surface area contributed by atoms with Gasteiger partial charge >= 0.3 is 0 Å². The molecule has 4 N–H and O–H groups in total. The number of ether oxygens (including phenoxy) is 1. The number of nitrogens with two attached hydrogens (primary N) is 2. The lowest BCUT2D eigenvalue weighted by Crippen LogP contribution is -2.30. The molecule has 2 heterocycles. The van der Waals surface area contributed by atoms with Crippen molar-refractivity contribution in [3.63, 3.8) is 0 Å². The van der Waals surface area contributed by atoms with Crippen molar-refractivity contribution in [2.75, 3.05) is 5.73 Å². The summed E-state index contributed by atoms with van der Waals surface area (Å²) in [4.78, 5) is 15.8. The fourth-order valence-electron chi connectivity index (χ4n) is 2.27. The number of carbonyl (C=O) groups excluding carboxylic acids is 1. The summed E-state index contributed by atoms with van der Waals surface area (Å²) in [5.41, 5.74) is 12.6. The monoisotopic (exact) mass is 311 g/mol. The average Bonchev–Trinajstić information content (AvgIpc) is 2.85. The lowest BCUT2D eigenvalue weighted by Gasteiger charge is -2.13. The van der Waals surface area contributed by atoms with Crippen LogP contribution in [0.4, 0.5) is 5.82 Å². The van der Waals surface area contributed by atoms with Crippen LogP contribution in [-0.2, 0) is 4.79 Å². The molecule has 3 rings (SSSR count). The number of carbonyl (C=O) groups is 1. The van der Waals surface area contributed by atoms with Crippen molar-refractivity contribution in [3.05, 3.63) is 42.1 Å². The molecule has 1 aromatic carbocycles. The first-order valence-corrected chi connectivity index (χ1v) is 7.14. The number of hydrogen-bond acceptors (Lipinski definition) is 5. The molecule has 0 aliphatic heterocycles. The molecule has 0 aliphatic rings. The number of aromatic nitrogens is 3. The van der Waals surface area contributed by atoms with Crippen molar-refractivity contribution in [2.24, 2.45) is 5.73 Å². The lowest BCUT2D eigenvalue weighted by atomic mass is 10.2. The first-order chi connectivity index (χ1) is 11.0. The number of fused-ring (bicyclic) bond motifs is 1. The van der Waals surface area contributed by atoms with Crippen molar-refractivity contribution < 1.29 is 9.53 Å². The second kappa shape index (κ2) is 5.60. The van der Waals surface area contributed by atoms with Gasteiger partial charge in [0.25, 0.3) is 5.91 Å². The Morgan fingerprint density at radius 1 is 1.30 bits per heavy atom. The number of rotatable bonds is 4. The van der Waals surface area contributed by atoms with E-state index in [1.54, 1.807) is 23.7 Å². The summed E-state index contributed by atoms with van der Waals surface area (Å²) in [5.74, 6) is 1.02. The van der Waals surface area contributed by atoms with Crippen LogP contribution < -0.4 is 16.2 Å². The Labute approximate surface area is 132 Å². The minimum absolute atomic E-state index is 0.484. The Morgan fingerprint density at radius 3 is 2.74 bits per heavy atom. The zero-order chi connectivity index (χ0) is 16.6. The Kier molecular flexibility index (Phi) is 3.61. The van der Waals surface area contributed by atoms with Crippen LogP contribution in [0.25, 0.3) is 16.7 Å². The summed E-state index contributed by atoms with van der Waals surface area (Å²) in [5, 5.41) is 5.20. The van der Waals surface area contributed by atoms with Gasteiger partial charge in [-0.05, 0) is 32.0 Å². The minimum atomic E-state index is -0.747. The Balaban J connectivity index is 2.10. The number of anilines is 1. The number of nitrogen functional groups attached to an aromatic ring is 1. The fourth-order valence-corrected chi connectivity index (χ4v) is 2.27. The molecule has 0 radical (unpaired) electrons. The zero-order valence-electron chi connectivity index (χ0n) is 12.9. The average molecular weight is 311 g/mol. The quantitative estimate of drug-likeness (QED) is 0.760. The van der Waals surface area contributed by atoms with Gasteiger partial charge in [0.05, 0.1) is 5.69 Å². The summed E-state index contributed by atoms with van der Waals surface area (Å²) in [6.07, 6.45) is -0.747. The first-order valence-electron chi connectivity index (χ1n) is 7.14. The van der Waals surface area contributed by atoms with Crippen LogP contribution in [0.15, 0.2) is 36.4 Å². The third-order valence-electron chi connectivity index (χ3n) is 3.45. The number of hydrogen-bond donors (Lipinski definition) is 2. The largest absolute Gasteiger partial charge is 0.479 e. The van der Waals surface area contributed by atoms with Crippen LogP contribution in [0.5, 0.6) is 5.75 Å². The Bertz CT molecular complexity index is 887. The highest BCUT2D eigenvalue weighted by Gasteiger charge is 2.14. The summed E-state index contributed by atoms with van der Waals surface area (Å²) in [6.45, 7) is 3.46. The molecular formula is C16H17N5O2. The summed E-state index contributed by atoms with van der Waals surface area (Å²) < 4.78 is 7.18. The van der Waals surface area contributed by atoms with E-state index in [1.807, 2.05) is 31.2 Å². The van der Waals surface area contributed by atoms with E-state index in [9.17, 15) is 4.79 Å². The standard InChI is InChI=1S/C16H17N5O2/c1-9-8-13(17)21(20-9)14-7-6-11-4-3-5-12(15(11)19-14)23-10(2)16(18)22/h3-8,10H,17H2,1-2H3,(H2,18,22). The van der Waals surface area contributed by atoms with E-state index in [0.29, 0.717) is 22.9 Å². The third kappa shape index (κ3) is 2.80. The van der Waals surface area contributed by atoms with Gasteiger partial charge in [-0.15, -0.1) is 0 Å². The molecule has 0 saturated carbocycles. The first kappa shape index (κ1) is 14.8. The molecule has 0 bridgehead atoms. The zero-order valence-corrected chi connectivity index (χ0v) is 12.9. The van der Waals surface area contributed by atoms with Crippen LogP contribution in [-0.4, -0.2) is 26.8 Å². The number of pyridine rings is 1. The molecule has 0 spiro atoms. The van der Waals surface area contributed by atoms with E-state index in [0.717, 1.165) is 11.1 Å². The van der Waals surface area contributed by atoms with Crippen molar-refractivity contribution >= 4 is 22.6 Å². The Morgan fingerprint density at radius 2 is 2.09 bits per heavy atom. The number of primary amides is 1. The Hall–Kier alpha value is -3.09. The predicted molar refractivity (Wildman–Crippen MR) is 87.3 cm³/mol. The predicted octanol–water partition coefficient (Wildman–Crippen LogP) is 1.56. The molecule has 7 nitrogen and oxygen atoms in total. The maximum Gasteiger partial charge on any atom is 0.258 e. The maximum absolute atomic E-state index is 11.2. The van der Waals surface area contributed by atoms with Gasteiger partial charge in [0.1, 0.15) is 17.1 Å².